The Bertz CT molecular complexity index is 694. The Morgan fingerprint density at radius 3 is 1.86 bits per heavy atom. The third kappa shape index (κ3) is 4.20. The molecule has 0 saturated heterocycles. The molecule has 0 unspecified atom stereocenters. The van der Waals surface area contributed by atoms with Gasteiger partial charge in [-0.1, -0.05) is 12.1 Å². The minimum atomic E-state index is -0.449. The Morgan fingerprint density at radius 2 is 1.36 bits per heavy atom. The number of nitro groups is 2. The zero-order chi connectivity index (χ0) is 15.9. The molecule has 0 aromatic heterocycles. The standard InChI is InChI=1S/C15H13N3O4/c19-17(20)14-5-1-12(2-6-14)9-10-16-11-13-3-7-15(8-4-13)18(21)22/h1-8,11H,9-10H2. The molecule has 22 heavy (non-hydrogen) atoms. The average molecular weight is 299 g/mol. The third-order valence-corrected chi connectivity index (χ3v) is 3.02. The topological polar surface area (TPSA) is 98.6 Å². The Balaban J connectivity index is 1.87. The molecule has 2 aromatic rings. The van der Waals surface area contributed by atoms with Crippen LogP contribution in [-0.2, 0) is 6.42 Å². The first kappa shape index (κ1) is 15.3. The Labute approximate surface area is 126 Å². The van der Waals surface area contributed by atoms with Crippen LogP contribution in [0, 0.1) is 20.2 Å². The van der Waals surface area contributed by atoms with E-state index in [9.17, 15) is 20.2 Å². The first-order valence-electron chi connectivity index (χ1n) is 6.54. The van der Waals surface area contributed by atoms with Crippen LogP contribution in [-0.4, -0.2) is 22.6 Å². The zero-order valence-corrected chi connectivity index (χ0v) is 11.6. The summed E-state index contributed by atoms with van der Waals surface area (Å²) in [4.78, 5) is 24.4. The predicted octanol–water partition coefficient (Wildman–Crippen LogP) is 3.16. The van der Waals surface area contributed by atoms with Crippen molar-refractivity contribution in [2.45, 2.75) is 6.42 Å². The van der Waals surface area contributed by atoms with Gasteiger partial charge in [0.1, 0.15) is 0 Å². The molecular weight excluding hydrogens is 286 g/mol. The zero-order valence-electron chi connectivity index (χ0n) is 11.6. The van der Waals surface area contributed by atoms with Crippen molar-refractivity contribution in [2.24, 2.45) is 4.99 Å². The molecule has 0 fully saturated rings. The minimum Gasteiger partial charge on any atom is -0.292 e. The Kier molecular flexibility index (Phi) is 4.92. The maximum atomic E-state index is 10.5. The van der Waals surface area contributed by atoms with E-state index >= 15 is 0 Å². The minimum absolute atomic E-state index is 0.0445. The summed E-state index contributed by atoms with van der Waals surface area (Å²) in [5.41, 5.74) is 1.86. The molecule has 0 aliphatic heterocycles. The number of hydrogen-bond donors (Lipinski definition) is 0. The molecule has 0 bridgehead atoms. The van der Waals surface area contributed by atoms with E-state index in [1.807, 2.05) is 0 Å². The molecule has 0 heterocycles. The molecule has 0 aliphatic carbocycles. The van der Waals surface area contributed by atoms with Crippen molar-refractivity contribution in [1.82, 2.24) is 0 Å². The molecule has 2 rings (SSSR count). The summed E-state index contributed by atoms with van der Waals surface area (Å²) >= 11 is 0. The average Bonchev–Trinajstić information content (AvgIpc) is 2.52. The molecule has 0 radical (unpaired) electrons. The van der Waals surface area contributed by atoms with Crippen molar-refractivity contribution in [1.29, 1.82) is 0 Å². The first-order chi connectivity index (χ1) is 10.6. The van der Waals surface area contributed by atoms with Crippen molar-refractivity contribution in [2.75, 3.05) is 6.54 Å². The largest absolute Gasteiger partial charge is 0.292 e. The van der Waals surface area contributed by atoms with E-state index in [0.717, 1.165) is 11.1 Å². The summed E-state index contributed by atoms with van der Waals surface area (Å²) in [5.74, 6) is 0. The summed E-state index contributed by atoms with van der Waals surface area (Å²) in [5, 5.41) is 21.1. The van der Waals surface area contributed by atoms with Crippen LogP contribution in [0.4, 0.5) is 11.4 Å². The molecular formula is C15H13N3O4. The monoisotopic (exact) mass is 299 g/mol. The van der Waals surface area contributed by atoms with Gasteiger partial charge in [0.15, 0.2) is 0 Å². The van der Waals surface area contributed by atoms with Crippen LogP contribution in [0.25, 0.3) is 0 Å². The highest BCUT2D eigenvalue weighted by Gasteiger charge is 2.04. The number of hydrogen-bond acceptors (Lipinski definition) is 5. The number of rotatable bonds is 6. The number of aliphatic imine (C=N–C) groups is 1. The second kappa shape index (κ2) is 7.07. The van der Waals surface area contributed by atoms with Gasteiger partial charge in [-0.3, -0.25) is 25.2 Å². The summed E-state index contributed by atoms with van der Waals surface area (Å²) in [6.07, 6.45) is 2.32. The van der Waals surface area contributed by atoms with Crippen LogP contribution in [0.5, 0.6) is 0 Å². The Morgan fingerprint density at radius 1 is 0.864 bits per heavy atom. The van der Waals surface area contributed by atoms with Crippen LogP contribution >= 0.6 is 0 Å². The molecule has 7 nitrogen and oxygen atoms in total. The summed E-state index contributed by atoms with van der Waals surface area (Å²) in [6, 6.07) is 12.5. The second-order valence-electron chi connectivity index (χ2n) is 4.56. The lowest BCUT2D eigenvalue weighted by Gasteiger charge is -1.98. The third-order valence-electron chi connectivity index (χ3n) is 3.02. The molecule has 2 aromatic carbocycles. The van der Waals surface area contributed by atoms with E-state index in [1.54, 1.807) is 30.5 Å². The van der Waals surface area contributed by atoms with Gasteiger partial charge in [0.05, 0.1) is 9.85 Å². The van der Waals surface area contributed by atoms with Gasteiger partial charge in [-0.25, -0.2) is 0 Å². The molecule has 0 spiro atoms. The Hall–Kier alpha value is -3.09. The first-order valence-corrected chi connectivity index (χ1v) is 6.54. The van der Waals surface area contributed by atoms with E-state index in [2.05, 4.69) is 4.99 Å². The molecule has 0 aliphatic rings. The van der Waals surface area contributed by atoms with Gasteiger partial charge in [0.2, 0.25) is 0 Å². The van der Waals surface area contributed by atoms with Gasteiger partial charge >= 0.3 is 0 Å². The van der Waals surface area contributed by atoms with Crippen molar-refractivity contribution in [3.63, 3.8) is 0 Å². The molecule has 0 atom stereocenters. The van der Waals surface area contributed by atoms with Gasteiger partial charge in [-0.2, -0.15) is 0 Å². The summed E-state index contributed by atoms with van der Waals surface area (Å²) in [6.45, 7) is 0.537. The van der Waals surface area contributed by atoms with Crippen LogP contribution in [0.1, 0.15) is 11.1 Å². The van der Waals surface area contributed by atoms with Gasteiger partial charge in [-0.15, -0.1) is 0 Å². The summed E-state index contributed by atoms with van der Waals surface area (Å²) < 4.78 is 0. The summed E-state index contributed by atoms with van der Waals surface area (Å²) in [7, 11) is 0. The maximum absolute atomic E-state index is 10.5. The number of nitro benzene ring substituents is 2. The van der Waals surface area contributed by atoms with Crippen molar-refractivity contribution in [3.05, 3.63) is 79.9 Å². The highest BCUT2D eigenvalue weighted by atomic mass is 16.6. The maximum Gasteiger partial charge on any atom is 0.269 e. The normalized spacial score (nSPS) is 10.7. The van der Waals surface area contributed by atoms with Gasteiger partial charge in [0, 0.05) is 37.0 Å². The van der Waals surface area contributed by atoms with E-state index in [1.165, 1.54) is 24.3 Å². The lowest BCUT2D eigenvalue weighted by Crippen LogP contribution is -1.93. The van der Waals surface area contributed by atoms with Gasteiger partial charge in [0.25, 0.3) is 11.4 Å². The number of nitrogens with zero attached hydrogens (tertiary/aromatic N) is 3. The smallest absolute Gasteiger partial charge is 0.269 e. The lowest BCUT2D eigenvalue weighted by atomic mass is 10.1. The van der Waals surface area contributed by atoms with E-state index < -0.39 is 9.85 Å². The van der Waals surface area contributed by atoms with Crippen LogP contribution in [0.3, 0.4) is 0 Å². The second-order valence-corrected chi connectivity index (χ2v) is 4.56. The quantitative estimate of drug-likeness (QED) is 0.464. The fourth-order valence-corrected chi connectivity index (χ4v) is 1.83. The molecule has 0 saturated carbocycles. The van der Waals surface area contributed by atoms with Crippen molar-refractivity contribution >= 4 is 17.6 Å². The number of non-ortho nitro benzene ring substituents is 2. The van der Waals surface area contributed by atoms with Crippen molar-refractivity contribution < 1.29 is 9.85 Å². The van der Waals surface area contributed by atoms with Crippen LogP contribution < -0.4 is 0 Å². The molecule has 0 amide bonds. The van der Waals surface area contributed by atoms with E-state index in [4.69, 9.17) is 0 Å². The highest BCUT2D eigenvalue weighted by Crippen LogP contribution is 2.13. The van der Waals surface area contributed by atoms with Gasteiger partial charge < -0.3 is 0 Å². The number of benzene rings is 2. The lowest BCUT2D eigenvalue weighted by molar-refractivity contribution is -0.385. The van der Waals surface area contributed by atoms with E-state index in [0.29, 0.717) is 13.0 Å². The molecule has 7 heteroatoms. The van der Waals surface area contributed by atoms with E-state index in [-0.39, 0.29) is 11.4 Å². The molecule has 112 valence electrons. The van der Waals surface area contributed by atoms with Crippen LogP contribution in [0.2, 0.25) is 0 Å². The highest BCUT2D eigenvalue weighted by molar-refractivity contribution is 5.79. The van der Waals surface area contributed by atoms with Crippen LogP contribution in [0.15, 0.2) is 53.5 Å². The SMILES string of the molecule is O=[N+]([O-])c1ccc(C=NCCc2ccc([N+](=O)[O-])cc2)cc1. The molecule has 0 N–H and O–H groups in total. The van der Waals surface area contributed by atoms with Gasteiger partial charge in [-0.05, 0) is 29.7 Å². The fourth-order valence-electron chi connectivity index (χ4n) is 1.83. The van der Waals surface area contributed by atoms with Crippen molar-refractivity contribution in [3.8, 4) is 0 Å². The predicted molar refractivity (Wildman–Crippen MR) is 82.4 cm³/mol. The fraction of sp³-hybridized carbons (Fsp3) is 0.133.